The van der Waals surface area contributed by atoms with Gasteiger partial charge in [-0.25, -0.2) is 4.79 Å². The lowest BCUT2D eigenvalue weighted by molar-refractivity contribution is -0.384. The summed E-state index contributed by atoms with van der Waals surface area (Å²) in [7, 11) is 0. The predicted octanol–water partition coefficient (Wildman–Crippen LogP) is 3.07. The lowest BCUT2D eigenvalue weighted by Gasteiger charge is -2.33. The third-order valence-corrected chi connectivity index (χ3v) is 13.5. The summed E-state index contributed by atoms with van der Waals surface area (Å²) in [6.07, 6.45) is 3.98. The maximum absolute atomic E-state index is 14.9. The molecule has 4 aromatic rings. The highest BCUT2D eigenvalue weighted by Gasteiger charge is 2.37. The van der Waals surface area contributed by atoms with Crippen molar-refractivity contribution < 1.29 is 57.8 Å². The number of primary amides is 1. The molecule has 25 heteroatoms. The van der Waals surface area contributed by atoms with Gasteiger partial charge in [-0.2, -0.15) is 0 Å². The SMILES string of the molecule is CC(C)C(NC(=O)CCCCCN1C(=O)C=CC1=O)C(=O)N[C@@H](CCCNC(N)=O)C(=O)N(CCCNCCN1C(=O)c2cccc3cc([N+](=O)[O-])cc(c23)C1=O)CCN1C(=O)c2cccc3cc([N+](=O)[O-])cc(c23)C1=O. The Bertz CT molecular complexity index is 3120. The Morgan fingerprint density at radius 1 is 0.623 bits per heavy atom. The summed E-state index contributed by atoms with van der Waals surface area (Å²) in [6, 6.07) is 10.7. The molecule has 0 fully saturated rings. The Morgan fingerprint density at radius 2 is 1.18 bits per heavy atom. The highest BCUT2D eigenvalue weighted by Crippen LogP contribution is 2.35. The largest absolute Gasteiger partial charge is 0.352 e. The van der Waals surface area contributed by atoms with Gasteiger partial charge in [0.25, 0.3) is 46.8 Å². The summed E-state index contributed by atoms with van der Waals surface area (Å²) >= 11 is 0. The molecular weight excluding hydrogens is 1000 g/mol. The molecule has 3 heterocycles. The van der Waals surface area contributed by atoms with Crippen LogP contribution in [0.5, 0.6) is 0 Å². The Morgan fingerprint density at radius 3 is 1.73 bits per heavy atom. The van der Waals surface area contributed by atoms with Crippen LogP contribution in [-0.2, 0) is 24.0 Å². The highest BCUT2D eigenvalue weighted by atomic mass is 16.6. The molecule has 0 aliphatic carbocycles. The van der Waals surface area contributed by atoms with Crippen molar-refractivity contribution in [3.8, 4) is 0 Å². The molecule has 0 radical (unpaired) electrons. The van der Waals surface area contributed by atoms with Gasteiger partial charge in [0.2, 0.25) is 17.7 Å². The van der Waals surface area contributed by atoms with Crippen molar-refractivity contribution in [3.63, 3.8) is 0 Å². The summed E-state index contributed by atoms with van der Waals surface area (Å²) in [5, 5.41) is 35.9. The summed E-state index contributed by atoms with van der Waals surface area (Å²) in [5.41, 5.74) is 4.84. The van der Waals surface area contributed by atoms with Gasteiger partial charge in [-0.3, -0.25) is 78.1 Å². The van der Waals surface area contributed by atoms with E-state index in [0.29, 0.717) is 35.4 Å². The molecule has 3 aliphatic rings. The minimum atomic E-state index is -1.31. The van der Waals surface area contributed by atoms with E-state index in [4.69, 9.17) is 5.73 Å². The van der Waals surface area contributed by atoms with Crippen LogP contribution in [0.3, 0.4) is 0 Å². The first-order chi connectivity index (χ1) is 36.8. The van der Waals surface area contributed by atoms with Gasteiger partial charge >= 0.3 is 6.03 Å². The third kappa shape index (κ3) is 12.8. The first-order valence-electron chi connectivity index (χ1n) is 25.1. The van der Waals surface area contributed by atoms with Gasteiger partial charge in [0.05, 0.1) is 21.0 Å². The fourth-order valence-electron chi connectivity index (χ4n) is 9.59. The number of rotatable bonds is 27. The van der Waals surface area contributed by atoms with Crippen LogP contribution in [0.25, 0.3) is 21.5 Å². The predicted molar refractivity (Wildman–Crippen MR) is 276 cm³/mol. The van der Waals surface area contributed by atoms with E-state index in [1.54, 1.807) is 32.0 Å². The molecule has 0 saturated heterocycles. The third-order valence-electron chi connectivity index (χ3n) is 13.5. The summed E-state index contributed by atoms with van der Waals surface area (Å²) in [5.74, 6) is -5.98. The number of nitrogens with two attached hydrogens (primary N) is 1. The number of hydrogen-bond donors (Lipinski definition) is 5. The molecule has 0 saturated carbocycles. The maximum Gasteiger partial charge on any atom is 0.312 e. The van der Waals surface area contributed by atoms with Crippen LogP contribution in [0.4, 0.5) is 16.2 Å². The van der Waals surface area contributed by atoms with Gasteiger partial charge in [-0.05, 0) is 67.5 Å². The molecule has 2 atom stereocenters. The number of urea groups is 1. The standard InChI is InChI=1S/C52H57N11O14/c1-30(2)45(57-40(64)15-4-3-5-22-59-41(65)16-17-42(59)66)46(67)56-39(14-8-19-55-52(53)73)51(72)58(24-25-61-48(69)36-13-7-11-32-27-34(63(76)77)29-38(44(32)36)50(61)71)21-9-18-54-20-23-60-47(68)35-12-6-10-31-26-33(62(74)75)28-37(43(31)35)49(60)70/h6-7,10-13,16-17,26-30,39,45,54H,3-5,8-9,14-15,18-25H2,1-2H3,(H,56,67)(H,57,64)(H3,53,55,73)/t39-,45?/m0/s1. The zero-order valence-corrected chi connectivity index (χ0v) is 42.2. The van der Waals surface area contributed by atoms with Crippen molar-refractivity contribution in [1.82, 2.24) is 40.9 Å². The maximum atomic E-state index is 14.9. The molecule has 6 N–H and O–H groups in total. The number of nitro groups is 2. The van der Waals surface area contributed by atoms with Crippen LogP contribution in [0.1, 0.15) is 100 Å². The van der Waals surface area contributed by atoms with Crippen molar-refractivity contribution in [1.29, 1.82) is 0 Å². The zero-order valence-electron chi connectivity index (χ0n) is 42.2. The first-order valence-corrected chi connectivity index (χ1v) is 25.1. The van der Waals surface area contributed by atoms with Gasteiger partial charge in [0.1, 0.15) is 12.1 Å². The molecule has 25 nitrogen and oxygen atoms in total. The van der Waals surface area contributed by atoms with E-state index >= 15 is 0 Å². The second-order valence-electron chi connectivity index (χ2n) is 19.0. The number of hydrogen-bond acceptors (Lipinski definition) is 15. The molecule has 4 aromatic carbocycles. The van der Waals surface area contributed by atoms with Gasteiger partial charge in [0, 0.05) is 111 Å². The fourth-order valence-corrected chi connectivity index (χ4v) is 9.59. The van der Waals surface area contributed by atoms with Gasteiger partial charge in [0.15, 0.2) is 0 Å². The molecule has 0 spiro atoms. The van der Waals surface area contributed by atoms with E-state index in [1.165, 1.54) is 47.4 Å². The average molecular weight is 1060 g/mol. The van der Waals surface area contributed by atoms with Crippen molar-refractivity contribution in [3.05, 3.63) is 115 Å². The van der Waals surface area contributed by atoms with E-state index in [2.05, 4.69) is 21.3 Å². The summed E-state index contributed by atoms with van der Waals surface area (Å²) in [6.45, 7) is 2.93. The molecule has 1 unspecified atom stereocenters. The van der Waals surface area contributed by atoms with Crippen molar-refractivity contribution >= 4 is 92.1 Å². The van der Waals surface area contributed by atoms with E-state index in [1.807, 2.05) is 0 Å². The van der Waals surface area contributed by atoms with E-state index in [9.17, 15) is 68.2 Å². The van der Waals surface area contributed by atoms with Gasteiger partial charge in [-0.1, -0.05) is 44.5 Å². The Hall–Kier alpha value is -9.00. The number of carbonyl (C=O) groups is 10. The lowest BCUT2D eigenvalue weighted by atomic mass is 9.93. The summed E-state index contributed by atoms with van der Waals surface area (Å²) in [4.78, 5) is 159. The van der Waals surface area contributed by atoms with Crippen molar-refractivity contribution in [2.45, 2.75) is 70.9 Å². The molecule has 0 aromatic heterocycles. The number of nitrogens with one attached hydrogen (secondary N) is 4. The van der Waals surface area contributed by atoms with Crippen LogP contribution in [0.15, 0.2) is 72.8 Å². The molecule has 0 bridgehead atoms. The highest BCUT2D eigenvalue weighted by molar-refractivity contribution is 6.27. The van der Waals surface area contributed by atoms with E-state index in [0.717, 1.165) is 26.8 Å². The second-order valence-corrected chi connectivity index (χ2v) is 19.0. The first kappa shape index (κ1) is 55.7. The van der Waals surface area contributed by atoms with Crippen LogP contribution in [-0.4, -0.2) is 153 Å². The minimum absolute atomic E-state index is 0.00730. The number of unbranched alkanes of at least 4 members (excludes halogenated alkanes) is 2. The normalized spacial score (nSPS) is 14.7. The molecule has 7 rings (SSSR count). The number of nitro benzene ring substituents is 2. The van der Waals surface area contributed by atoms with Crippen LogP contribution < -0.4 is 27.0 Å². The molecule has 77 heavy (non-hydrogen) atoms. The topological polar surface area (TPSA) is 344 Å². The fraction of sp³-hybridized carbons (Fsp3) is 0.385. The monoisotopic (exact) mass is 1060 g/mol. The molecular formula is C52H57N11O14. The Labute approximate surface area is 439 Å². The van der Waals surface area contributed by atoms with Crippen molar-refractivity contribution in [2.24, 2.45) is 11.7 Å². The number of nitrogens with zero attached hydrogens (tertiary/aromatic N) is 6. The Balaban J connectivity index is 1.05. The number of amides is 11. The quantitative estimate of drug-likeness (QED) is 0.0248. The van der Waals surface area contributed by atoms with Crippen molar-refractivity contribution in [2.75, 3.05) is 52.4 Å². The number of imide groups is 3. The van der Waals surface area contributed by atoms with E-state index < -0.39 is 93.6 Å². The van der Waals surface area contributed by atoms with E-state index in [-0.39, 0.29) is 111 Å². The smallest absolute Gasteiger partial charge is 0.312 e. The zero-order chi connectivity index (χ0) is 55.7. The van der Waals surface area contributed by atoms with Gasteiger partial charge in [-0.15, -0.1) is 0 Å². The Kier molecular flexibility index (Phi) is 17.8. The van der Waals surface area contributed by atoms with Crippen LogP contribution in [0, 0.1) is 26.1 Å². The average Bonchev–Trinajstić information content (AvgIpc) is 3.72. The number of non-ortho nitro benzene ring substituents is 2. The number of carbonyl (C=O) groups excluding carboxylic acids is 10. The summed E-state index contributed by atoms with van der Waals surface area (Å²) < 4.78 is 0. The van der Waals surface area contributed by atoms with Gasteiger partial charge < -0.3 is 31.9 Å². The van der Waals surface area contributed by atoms with Crippen LogP contribution in [0.2, 0.25) is 0 Å². The number of benzene rings is 4. The minimum Gasteiger partial charge on any atom is -0.352 e. The molecule has 3 aliphatic heterocycles. The molecule has 11 amide bonds. The lowest BCUT2D eigenvalue weighted by Crippen LogP contribution is -2.57. The molecule has 404 valence electrons. The second kappa shape index (κ2) is 24.6. The van der Waals surface area contributed by atoms with Crippen LogP contribution >= 0.6 is 0 Å².